The van der Waals surface area contributed by atoms with E-state index in [1.54, 1.807) is 0 Å². The molecule has 134 valence electrons. The van der Waals surface area contributed by atoms with Crippen molar-refractivity contribution in [1.29, 1.82) is 0 Å². The Labute approximate surface area is 150 Å². The Morgan fingerprint density at radius 3 is 2.76 bits per heavy atom. The van der Waals surface area contributed by atoms with Crippen LogP contribution >= 0.6 is 15.9 Å². The van der Waals surface area contributed by atoms with Crippen LogP contribution in [0.25, 0.3) is 0 Å². The van der Waals surface area contributed by atoms with E-state index in [1.165, 1.54) is 0 Å². The molecule has 2 heterocycles. The number of halogens is 2. The molecule has 1 aliphatic heterocycles. The van der Waals surface area contributed by atoms with Gasteiger partial charge >= 0.3 is 5.69 Å². The normalized spacial score (nSPS) is 23.1. The average Bonchev–Trinajstić information content (AvgIpc) is 3.00. The molecule has 1 fully saturated rings. The lowest BCUT2D eigenvalue weighted by molar-refractivity contribution is -0.0659. The fraction of sp³-hybridized carbons (Fsp3) is 0.375. The maximum atomic E-state index is 13.4. The molecule has 0 spiro atoms. The minimum Gasteiger partial charge on any atom is -0.394 e. The second-order valence-electron chi connectivity index (χ2n) is 5.67. The molecule has 0 aliphatic carbocycles. The lowest BCUT2D eigenvalue weighted by Gasteiger charge is -2.16. The Morgan fingerprint density at radius 1 is 1.36 bits per heavy atom. The van der Waals surface area contributed by atoms with Gasteiger partial charge in [0.1, 0.15) is 12.3 Å². The molecular weight excluding hydrogens is 399 g/mol. The second-order valence-corrected chi connectivity index (χ2v) is 6.58. The predicted octanol–water partition coefficient (Wildman–Crippen LogP) is 1.30. The van der Waals surface area contributed by atoms with E-state index in [2.05, 4.69) is 15.9 Å². The quantitative estimate of drug-likeness (QED) is 0.768. The first-order valence-corrected chi connectivity index (χ1v) is 8.40. The van der Waals surface area contributed by atoms with Crippen LogP contribution in [0.15, 0.2) is 44.5 Å². The van der Waals surface area contributed by atoms with E-state index < -0.39 is 35.5 Å². The maximum absolute atomic E-state index is 13.4. The SMILES string of the molecule is O=c1[nH]c(=O)n([C@@H]2CC(OCc3ccc(Br)cc3)[C@H](CO)O2)cc1F. The summed E-state index contributed by atoms with van der Waals surface area (Å²) in [5.41, 5.74) is -0.918. The van der Waals surface area contributed by atoms with E-state index >= 15 is 0 Å². The van der Waals surface area contributed by atoms with Crippen LogP contribution in [0.3, 0.4) is 0 Å². The van der Waals surface area contributed by atoms with Gasteiger partial charge in [-0.3, -0.25) is 14.3 Å². The minimum atomic E-state index is -1.08. The second kappa shape index (κ2) is 7.61. The van der Waals surface area contributed by atoms with Gasteiger partial charge < -0.3 is 14.6 Å². The summed E-state index contributed by atoms with van der Waals surface area (Å²) < 4.78 is 26.7. The Hall–Kier alpha value is -1.81. The van der Waals surface area contributed by atoms with E-state index in [1.807, 2.05) is 29.2 Å². The van der Waals surface area contributed by atoms with E-state index in [4.69, 9.17) is 9.47 Å². The standard InChI is InChI=1S/C16H16BrFN2O5/c17-10-3-1-9(2-4-10)8-24-12-5-14(25-13(12)7-21)20-6-11(18)15(22)19-16(20)23/h1-4,6,12-14,21H,5,7-8H2,(H,19,22,23)/t12?,13-,14-/m0/s1. The summed E-state index contributed by atoms with van der Waals surface area (Å²) in [6, 6.07) is 7.57. The molecule has 1 saturated heterocycles. The molecule has 0 saturated carbocycles. The molecule has 25 heavy (non-hydrogen) atoms. The summed E-state index contributed by atoms with van der Waals surface area (Å²) in [7, 11) is 0. The van der Waals surface area contributed by atoms with Gasteiger partial charge in [0.25, 0.3) is 5.56 Å². The first kappa shape index (κ1) is 18.0. The van der Waals surface area contributed by atoms with Crippen molar-refractivity contribution in [3.63, 3.8) is 0 Å². The van der Waals surface area contributed by atoms with Crippen LogP contribution in [-0.4, -0.2) is 33.5 Å². The van der Waals surface area contributed by atoms with Crippen molar-refractivity contribution < 1.29 is 19.0 Å². The number of rotatable bonds is 5. The Morgan fingerprint density at radius 2 is 2.08 bits per heavy atom. The number of H-pyrrole nitrogens is 1. The van der Waals surface area contributed by atoms with Gasteiger partial charge in [0.2, 0.25) is 5.82 Å². The van der Waals surface area contributed by atoms with Crippen LogP contribution in [0, 0.1) is 5.82 Å². The predicted molar refractivity (Wildman–Crippen MR) is 89.6 cm³/mol. The Kier molecular flexibility index (Phi) is 5.48. The molecule has 0 radical (unpaired) electrons. The Balaban J connectivity index is 1.72. The monoisotopic (exact) mass is 414 g/mol. The summed E-state index contributed by atoms with van der Waals surface area (Å²) >= 11 is 3.35. The molecule has 9 heteroatoms. The van der Waals surface area contributed by atoms with Crippen LogP contribution in [0.1, 0.15) is 18.2 Å². The number of hydrogen-bond donors (Lipinski definition) is 2. The van der Waals surface area contributed by atoms with E-state index in [-0.39, 0.29) is 13.0 Å². The van der Waals surface area contributed by atoms with Crippen LogP contribution < -0.4 is 11.2 Å². The highest BCUT2D eigenvalue weighted by atomic mass is 79.9. The minimum absolute atomic E-state index is 0.243. The van der Waals surface area contributed by atoms with Crippen molar-refractivity contribution in [2.24, 2.45) is 0 Å². The molecule has 1 aromatic carbocycles. The molecule has 0 amide bonds. The van der Waals surface area contributed by atoms with E-state index in [9.17, 15) is 19.1 Å². The van der Waals surface area contributed by atoms with E-state index in [0.29, 0.717) is 6.61 Å². The third-order valence-electron chi connectivity index (χ3n) is 3.97. The van der Waals surface area contributed by atoms with Gasteiger partial charge in [0.05, 0.1) is 25.5 Å². The summed E-state index contributed by atoms with van der Waals surface area (Å²) in [5, 5.41) is 9.47. The lowest BCUT2D eigenvalue weighted by Crippen LogP contribution is -2.34. The number of aliphatic hydroxyl groups is 1. The molecule has 1 aromatic heterocycles. The van der Waals surface area contributed by atoms with Crippen molar-refractivity contribution in [3.8, 4) is 0 Å². The van der Waals surface area contributed by atoms with Gasteiger partial charge in [-0.25, -0.2) is 4.79 Å². The molecule has 3 atom stereocenters. The molecule has 1 unspecified atom stereocenters. The fourth-order valence-corrected chi connectivity index (χ4v) is 2.93. The molecular formula is C16H16BrFN2O5. The number of benzene rings is 1. The maximum Gasteiger partial charge on any atom is 0.330 e. The first-order chi connectivity index (χ1) is 12.0. The molecule has 2 aromatic rings. The van der Waals surface area contributed by atoms with Crippen molar-refractivity contribution in [1.82, 2.24) is 9.55 Å². The number of nitrogens with one attached hydrogen (secondary N) is 1. The molecule has 0 bridgehead atoms. The largest absolute Gasteiger partial charge is 0.394 e. The number of aliphatic hydroxyl groups excluding tert-OH is 1. The van der Waals surface area contributed by atoms with Crippen molar-refractivity contribution in [2.75, 3.05) is 6.61 Å². The number of nitrogens with zero attached hydrogens (tertiary/aromatic N) is 1. The van der Waals surface area contributed by atoms with Crippen LogP contribution in [0.5, 0.6) is 0 Å². The zero-order valence-electron chi connectivity index (χ0n) is 13.0. The zero-order valence-corrected chi connectivity index (χ0v) is 14.6. The third kappa shape index (κ3) is 4.06. The van der Waals surface area contributed by atoms with Crippen molar-refractivity contribution >= 4 is 15.9 Å². The topological polar surface area (TPSA) is 93.6 Å². The lowest BCUT2D eigenvalue weighted by atomic mass is 10.1. The van der Waals surface area contributed by atoms with Crippen molar-refractivity contribution in [2.45, 2.75) is 31.5 Å². The number of ether oxygens (including phenoxy) is 2. The molecule has 1 aliphatic rings. The van der Waals surface area contributed by atoms with Crippen LogP contribution in [0.2, 0.25) is 0 Å². The zero-order chi connectivity index (χ0) is 18.0. The fourth-order valence-electron chi connectivity index (χ4n) is 2.67. The molecule has 7 nitrogen and oxygen atoms in total. The number of aromatic amines is 1. The van der Waals surface area contributed by atoms with Gasteiger partial charge in [0, 0.05) is 10.9 Å². The summed E-state index contributed by atoms with van der Waals surface area (Å²) in [6.07, 6.45) is -0.904. The summed E-state index contributed by atoms with van der Waals surface area (Å²) in [5.74, 6) is -1.08. The number of aromatic nitrogens is 2. The molecule has 3 rings (SSSR count). The smallest absolute Gasteiger partial charge is 0.330 e. The average molecular weight is 415 g/mol. The summed E-state index contributed by atoms with van der Waals surface area (Å²) in [4.78, 5) is 24.9. The molecule has 2 N–H and O–H groups in total. The third-order valence-corrected chi connectivity index (χ3v) is 4.50. The van der Waals surface area contributed by atoms with Crippen LogP contribution in [-0.2, 0) is 16.1 Å². The highest BCUT2D eigenvalue weighted by Crippen LogP contribution is 2.30. The van der Waals surface area contributed by atoms with Gasteiger partial charge in [-0.1, -0.05) is 28.1 Å². The highest BCUT2D eigenvalue weighted by Gasteiger charge is 2.37. The van der Waals surface area contributed by atoms with E-state index in [0.717, 1.165) is 20.8 Å². The van der Waals surface area contributed by atoms with Gasteiger partial charge in [0.15, 0.2) is 0 Å². The number of hydrogen-bond acceptors (Lipinski definition) is 5. The summed E-state index contributed by atoms with van der Waals surface area (Å²) in [6.45, 7) is 0.00149. The van der Waals surface area contributed by atoms with Gasteiger partial charge in [-0.05, 0) is 17.7 Å². The highest BCUT2D eigenvalue weighted by molar-refractivity contribution is 9.10. The van der Waals surface area contributed by atoms with Gasteiger partial charge in [-0.2, -0.15) is 4.39 Å². The van der Waals surface area contributed by atoms with Crippen LogP contribution in [0.4, 0.5) is 4.39 Å². The first-order valence-electron chi connectivity index (χ1n) is 7.61. The Bertz CT molecular complexity index is 851. The van der Waals surface area contributed by atoms with Crippen molar-refractivity contribution in [3.05, 3.63) is 67.2 Å². The van der Waals surface area contributed by atoms with Gasteiger partial charge in [-0.15, -0.1) is 0 Å².